The van der Waals surface area contributed by atoms with Crippen LogP contribution in [0.15, 0.2) is 42.5 Å². The standard InChI is InChI=1S/C24H27FN2O5/c1-16(2)12-27(24(29)18-5-8-21-22(11-18)32-15-31-21)14-20-13-26(9-10-30-20)23(28)17-3-6-19(25)7-4-17/h3-8,11,16,20H,9-10,12-15H2,1-2H3. The molecule has 2 aliphatic heterocycles. The largest absolute Gasteiger partial charge is 0.454 e. The molecule has 2 aliphatic rings. The summed E-state index contributed by atoms with van der Waals surface area (Å²) in [6.45, 7) is 6.35. The molecule has 1 atom stereocenters. The Morgan fingerprint density at radius 2 is 1.81 bits per heavy atom. The van der Waals surface area contributed by atoms with E-state index >= 15 is 0 Å². The van der Waals surface area contributed by atoms with Gasteiger partial charge in [0.15, 0.2) is 11.5 Å². The van der Waals surface area contributed by atoms with Crippen LogP contribution in [0.25, 0.3) is 0 Å². The van der Waals surface area contributed by atoms with E-state index in [0.717, 1.165) is 0 Å². The first kappa shape index (κ1) is 22.1. The van der Waals surface area contributed by atoms with Crippen molar-refractivity contribution in [1.82, 2.24) is 9.80 Å². The number of ether oxygens (including phenoxy) is 3. The normalized spacial score (nSPS) is 17.5. The summed E-state index contributed by atoms with van der Waals surface area (Å²) in [5.41, 5.74) is 0.951. The number of fused-ring (bicyclic) bond motifs is 1. The van der Waals surface area contributed by atoms with Gasteiger partial charge in [-0.15, -0.1) is 0 Å². The molecule has 1 saturated heterocycles. The van der Waals surface area contributed by atoms with E-state index in [4.69, 9.17) is 14.2 Å². The molecule has 4 rings (SSSR count). The predicted molar refractivity (Wildman–Crippen MR) is 115 cm³/mol. The lowest BCUT2D eigenvalue weighted by Crippen LogP contribution is -2.51. The molecule has 2 aromatic rings. The summed E-state index contributed by atoms with van der Waals surface area (Å²) in [6, 6.07) is 10.7. The number of amides is 2. The highest BCUT2D eigenvalue weighted by Crippen LogP contribution is 2.33. The second-order valence-electron chi connectivity index (χ2n) is 8.42. The molecule has 32 heavy (non-hydrogen) atoms. The first-order valence-corrected chi connectivity index (χ1v) is 10.8. The second-order valence-corrected chi connectivity index (χ2v) is 8.42. The van der Waals surface area contributed by atoms with E-state index in [9.17, 15) is 14.0 Å². The molecule has 1 unspecified atom stereocenters. The van der Waals surface area contributed by atoms with E-state index < -0.39 is 0 Å². The molecule has 0 aromatic heterocycles. The van der Waals surface area contributed by atoms with Crippen molar-refractivity contribution in [3.05, 3.63) is 59.4 Å². The van der Waals surface area contributed by atoms with Crippen LogP contribution in [0.3, 0.4) is 0 Å². The highest BCUT2D eigenvalue weighted by atomic mass is 19.1. The molecule has 0 saturated carbocycles. The number of benzene rings is 2. The third kappa shape index (κ3) is 5.02. The van der Waals surface area contributed by atoms with Crippen LogP contribution in [0, 0.1) is 11.7 Å². The fourth-order valence-corrected chi connectivity index (χ4v) is 3.93. The van der Waals surface area contributed by atoms with Crippen LogP contribution in [0.1, 0.15) is 34.6 Å². The van der Waals surface area contributed by atoms with E-state index in [0.29, 0.717) is 55.4 Å². The van der Waals surface area contributed by atoms with Crippen molar-refractivity contribution in [2.45, 2.75) is 20.0 Å². The average molecular weight is 442 g/mol. The molecule has 2 amide bonds. The number of halogens is 1. The van der Waals surface area contributed by atoms with Crippen molar-refractivity contribution in [3.63, 3.8) is 0 Å². The number of carbonyl (C=O) groups excluding carboxylic acids is 2. The zero-order valence-corrected chi connectivity index (χ0v) is 18.3. The fraction of sp³-hybridized carbons (Fsp3) is 0.417. The first-order chi connectivity index (χ1) is 15.4. The Morgan fingerprint density at radius 1 is 1.09 bits per heavy atom. The number of hydrogen-bond acceptors (Lipinski definition) is 5. The number of rotatable bonds is 6. The molecule has 170 valence electrons. The molecule has 1 fully saturated rings. The molecular formula is C24H27FN2O5. The quantitative estimate of drug-likeness (QED) is 0.687. The Kier molecular flexibility index (Phi) is 6.60. The van der Waals surface area contributed by atoms with Crippen LogP contribution < -0.4 is 9.47 Å². The van der Waals surface area contributed by atoms with Gasteiger partial charge in [0.2, 0.25) is 6.79 Å². The van der Waals surface area contributed by atoms with Crippen LogP contribution in [0.5, 0.6) is 11.5 Å². The highest BCUT2D eigenvalue weighted by molar-refractivity contribution is 5.95. The van der Waals surface area contributed by atoms with Gasteiger partial charge in [-0.3, -0.25) is 9.59 Å². The van der Waals surface area contributed by atoms with Crippen molar-refractivity contribution in [1.29, 1.82) is 0 Å². The van der Waals surface area contributed by atoms with Crippen LogP contribution in [0.4, 0.5) is 4.39 Å². The Labute approximate surface area is 186 Å². The molecule has 2 aromatic carbocycles. The van der Waals surface area contributed by atoms with Crippen molar-refractivity contribution in [2.24, 2.45) is 5.92 Å². The number of morpholine rings is 1. The molecule has 7 nitrogen and oxygen atoms in total. The lowest BCUT2D eigenvalue weighted by molar-refractivity contribution is -0.0340. The maximum Gasteiger partial charge on any atom is 0.254 e. The molecule has 0 N–H and O–H groups in total. The van der Waals surface area contributed by atoms with E-state index in [2.05, 4.69) is 0 Å². The third-order valence-electron chi connectivity index (χ3n) is 5.43. The monoisotopic (exact) mass is 442 g/mol. The Balaban J connectivity index is 1.45. The van der Waals surface area contributed by atoms with Gasteiger partial charge < -0.3 is 24.0 Å². The summed E-state index contributed by atoms with van der Waals surface area (Å²) in [7, 11) is 0. The predicted octanol–water partition coefficient (Wildman–Crippen LogP) is 3.19. The minimum atomic E-state index is -0.382. The Hall–Kier alpha value is -3.13. The van der Waals surface area contributed by atoms with E-state index in [-0.39, 0.29) is 36.4 Å². The molecule has 0 radical (unpaired) electrons. The summed E-state index contributed by atoms with van der Waals surface area (Å²) < 4.78 is 29.8. The molecule has 0 spiro atoms. The van der Waals surface area contributed by atoms with Gasteiger partial charge in [0.1, 0.15) is 5.82 Å². The van der Waals surface area contributed by atoms with Crippen molar-refractivity contribution in [3.8, 4) is 11.5 Å². The van der Waals surface area contributed by atoms with Gasteiger partial charge in [0.05, 0.1) is 12.7 Å². The minimum Gasteiger partial charge on any atom is -0.454 e. The van der Waals surface area contributed by atoms with Gasteiger partial charge in [-0.2, -0.15) is 0 Å². The number of hydrogen-bond donors (Lipinski definition) is 0. The topological polar surface area (TPSA) is 68.3 Å². The van der Waals surface area contributed by atoms with E-state index in [1.807, 2.05) is 13.8 Å². The van der Waals surface area contributed by atoms with Crippen molar-refractivity contribution < 1.29 is 28.2 Å². The second kappa shape index (κ2) is 9.56. The average Bonchev–Trinajstić information content (AvgIpc) is 3.26. The summed E-state index contributed by atoms with van der Waals surface area (Å²) in [5, 5.41) is 0. The fourth-order valence-electron chi connectivity index (χ4n) is 3.93. The van der Waals surface area contributed by atoms with Gasteiger partial charge >= 0.3 is 0 Å². The minimum absolute atomic E-state index is 0.123. The lowest BCUT2D eigenvalue weighted by atomic mass is 10.1. The molecule has 2 heterocycles. The van der Waals surface area contributed by atoms with Gasteiger partial charge in [-0.1, -0.05) is 13.8 Å². The van der Waals surface area contributed by atoms with Gasteiger partial charge in [0.25, 0.3) is 11.8 Å². The lowest BCUT2D eigenvalue weighted by Gasteiger charge is -2.36. The zero-order chi connectivity index (χ0) is 22.7. The maximum absolute atomic E-state index is 13.3. The van der Waals surface area contributed by atoms with Crippen LogP contribution >= 0.6 is 0 Å². The van der Waals surface area contributed by atoms with E-state index in [1.54, 1.807) is 28.0 Å². The molecule has 8 heteroatoms. The van der Waals surface area contributed by atoms with Crippen LogP contribution in [0.2, 0.25) is 0 Å². The van der Waals surface area contributed by atoms with Gasteiger partial charge in [-0.25, -0.2) is 4.39 Å². The van der Waals surface area contributed by atoms with Crippen molar-refractivity contribution >= 4 is 11.8 Å². The summed E-state index contributed by atoms with van der Waals surface area (Å²) in [4.78, 5) is 29.6. The Bertz CT molecular complexity index is 979. The smallest absolute Gasteiger partial charge is 0.254 e. The number of carbonyl (C=O) groups is 2. The third-order valence-corrected chi connectivity index (χ3v) is 5.43. The molecule has 0 bridgehead atoms. The number of nitrogens with zero attached hydrogens (tertiary/aromatic N) is 2. The highest BCUT2D eigenvalue weighted by Gasteiger charge is 2.29. The molecular weight excluding hydrogens is 415 g/mol. The van der Waals surface area contributed by atoms with Crippen LogP contribution in [-0.2, 0) is 4.74 Å². The van der Waals surface area contributed by atoms with Gasteiger partial charge in [0, 0.05) is 37.3 Å². The van der Waals surface area contributed by atoms with Crippen molar-refractivity contribution in [2.75, 3.05) is 39.6 Å². The summed E-state index contributed by atoms with van der Waals surface area (Å²) in [5.74, 6) is 0.771. The Morgan fingerprint density at radius 3 is 2.56 bits per heavy atom. The van der Waals surface area contributed by atoms with E-state index in [1.165, 1.54) is 24.3 Å². The van der Waals surface area contributed by atoms with Gasteiger partial charge in [-0.05, 0) is 48.4 Å². The van der Waals surface area contributed by atoms with Crippen LogP contribution in [-0.4, -0.2) is 67.3 Å². The zero-order valence-electron chi connectivity index (χ0n) is 18.3. The SMILES string of the molecule is CC(C)CN(CC1CN(C(=O)c2ccc(F)cc2)CCO1)C(=O)c1ccc2c(c1)OCO2. The maximum atomic E-state index is 13.3. The summed E-state index contributed by atoms with van der Waals surface area (Å²) in [6.07, 6.45) is -0.315. The molecule has 0 aliphatic carbocycles. The summed E-state index contributed by atoms with van der Waals surface area (Å²) >= 11 is 0. The first-order valence-electron chi connectivity index (χ1n) is 10.8.